The van der Waals surface area contributed by atoms with E-state index in [0.717, 1.165) is 22.5 Å². The molecule has 0 radical (unpaired) electrons. The average molecular weight is 469 g/mol. The lowest BCUT2D eigenvalue weighted by Crippen LogP contribution is -2.95. The largest absolute Gasteiger partial charge is 0.545 e. The van der Waals surface area contributed by atoms with Gasteiger partial charge in [0.2, 0.25) is 0 Å². The number of carboxylic acid groups (broad SMARTS) is 2. The summed E-state index contributed by atoms with van der Waals surface area (Å²) in [6, 6.07) is 13.6. The van der Waals surface area contributed by atoms with Gasteiger partial charge in [-0.3, -0.25) is 5.43 Å². The summed E-state index contributed by atoms with van der Waals surface area (Å²) in [6.07, 6.45) is 5.95. The molecule has 0 saturated carbocycles. The summed E-state index contributed by atoms with van der Waals surface area (Å²) in [5, 5.41) is 23.1. The number of carbonyl (C=O) groups is 2. The highest BCUT2D eigenvalue weighted by Crippen LogP contribution is 2.40. The Labute approximate surface area is 200 Å². The lowest BCUT2D eigenvalue weighted by Gasteiger charge is -2.26. The molecule has 1 atom stereocenters. The Morgan fingerprint density at radius 3 is 2.54 bits per heavy atom. The monoisotopic (exact) mass is 469 g/mol. The molecule has 3 aromatic carbocycles. The van der Waals surface area contributed by atoms with Crippen molar-refractivity contribution in [2.75, 3.05) is 19.0 Å². The summed E-state index contributed by atoms with van der Waals surface area (Å²) in [7, 11) is 3.85. The number of benzene rings is 3. The second kappa shape index (κ2) is 8.43. The van der Waals surface area contributed by atoms with E-state index in [0.29, 0.717) is 33.4 Å². The number of hydrogen-bond donors (Lipinski definition) is 3. The zero-order valence-corrected chi connectivity index (χ0v) is 19.1. The molecule has 2 aliphatic rings. The number of fused-ring (bicyclic) bond motifs is 4. The van der Waals surface area contributed by atoms with Gasteiger partial charge in [-0.1, -0.05) is 18.2 Å². The van der Waals surface area contributed by atoms with Crippen LogP contribution in [0.25, 0.3) is 17.7 Å². The minimum Gasteiger partial charge on any atom is -0.545 e. The molecule has 0 bridgehead atoms. The van der Waals surface area contributed by atoms with Gasteiger partial charge >= 0.3 is 5.97 Å². The van der Waals surface area contributed by atoms with Crippen LogP contribution in [0.5, 0.6) is 11.5 Å². The number of aromatic carboxylic acids is 2. The average Bonchev–Trinajstić information content (AvgIpc) is 2.85. The molecule has 35 heavy (non-hydrogen) atoms. The fourth-order valence-corrected chi connectivity index (χ4v) is 4.52. The number of carboxylic acids is 2. The first-order chi connectivity index (χ1) is 16.8. The predicted molar refractivity (Wildman–Crippen MR) is 129 cm³/mol. The number of quaternary nitrogens is 1. The number of anilines is 1. The third-order valence-corrected chi connectivity index (χ3v) is 6.30. The van der Waals surface area contributed by atoms with Crippen LogP contribution >= 0.6 is 0 Å². The SMILES string of the molecule is CN(C)c1ccc2c(c1)Oc1c3c(ccc1=C2c1ccc(C(=O)[O-])cc1C(=O)O)=CC([NH2+]N)C=C3. The van der Waals surface area contributed by atoms with Crippen LogP contribution in [-0.2, 0) is 0 Å². The van der Waals surface area contributed by atoms with Gasteiger partial charge in [0, 0.05) is 47.8 Å². The minimum atomic E-state index is -1.44. The highest BCUT2D eigenvalue weighted by Gasteiger charge is 2.26. The van der Waals surface area contributed by atoms with Crippen LogP contribution in [0.1, 0.15) is 37.4 Å². The highest BCUT2D eigenvalue weighted by molar-refractivity contribution is 6.01. The molecule has 0 amide bonds. The Bertz CT molecular complexity index is 1560. The quantitative estimate of drug-likeness (QED) is 0.272. The van der Waals surface area contributed by atoms with Crippen molar-refractivity contribution in [3.8, 4) is 11.5 Å². The van der Waals surface area contributed by atoms with Gasteiger partial charge in [0.25, 0.3) is 0 Å². The maximum absolute atomic E-state index is 12.2. The molecule has 1 heterocycles. The predicted octanol–water partition coefficient (Wildman–Crippen LogP) is -0.220. The molecule has 0 spiro atoms. The third kappa shape index (κ3) is 3.74. The Hall–Kier alpha value is -4.40. The van der Waals surface area contributed by atoms with E-state index in [9.17, 15) is 19.8 Å². The molecule has 0 fully saturated rings. The van der Waals surface area contributed by atoms with Gasteiger partial charge in [-0.05, 0) is 58.8 Å². The second-order valence-electron chi connectivity index (χ2n) is 8.65. The zero-order chi connectivity index (χ0) is 24.9. The molecule has 5 N–H and O–H groups in total. The summed E-state index contributed by atoms with van der Waals surface area (Å²) in [5.74, 6) is 4.24. The van der Waals surface area contributed by atoms with Gasteiger partial charge in [0.1, 0.15) is 17.5 Å². The van der Waals surface area contributed by atoms with Crippen molar-refractivity contribution in [3.63, 3.8) is 0 Å². The van der Waals surface area contributed by atoms with Gasteiger partial charge in [0.15, 0.2) is 0 Å². The van der Waals surface area contributed by atoms with Crippen LogP contribution in [0, 0.1) is 0 Å². The van der Waals surface area contributed by atoms with Crippen molar-refractivity contribution in [3.05, 3.63) is 92.9 Å². The molecule has 3 aromatic rings. The molecule has 176 valence electrons. The van der Waals surface area contributed by atoms with Gasteiger partial charge < -0.3 is 24.6 Å². The van der Waals surface area contributed by atoms with Gasteiger partial charge in [-0.25, -0.2) is 4.79 Å². The summed E-state index contributed by atoms with van der Waals surface area (Å²) in [5.41, 5.74) is 4.81. The molecule has 0 aromatic heterocycles. The topological polar surface area (TPSA) is 133 Å². The summed E-state index contributed by atoms with van der Waals surface area (Å²) < 4.78 is 6.44. The standard InChI is InChI=1S/C27H23N3O5/c1-30(2)17-6-10-20-23(13-17)35-25-18-9-5-16(29-28)11-14(18)3-8-21(25)24(20)19-7-4-15(26(31)32)12-22(19)27(33)34/h3-13,16,29H,28H2,1-2H3,(H,31,32)(H,33,34). The van der Waals surface area contributed by atoms with Crippen molar-refractivity contribution >= 4 is 35.4 Å². The van der Waals surface area contributed by atoms with Crippen LogP contribution in [0.4, 0.5) is 5.69 Å². The van der Waals surface area contributed by atoms with Gasteiger partial charge in [-0.2, -0.15) is 5.84 Å². The molecule has 5 rings (SSSR count). The van der Waals surface area contributed by atoms with Gasteiger partial charge in [-0.15, -0.1) is 0 Å². The molecule has 1 aliphatic heterocycles. The lowest BCUT2D eigenvalue weighted by atomic mass is 9.87. The van der Waals surface area contributed by atoms with Crippen molar-refractivity contribution in [1.82, 2.24) is 0 Å². The number of hydrogen-bond acceptors (Lipinski definition) is 6. The molecule has 8 nitrogen and oxygen atoms in total. The van der Waals surface area contributed by atoms with Gasteiger partial charge in [0.05, 0.1) is 11.5 Å². The van der Waals surface area contributed by atoms with E-state index < -0.39 is 11.9 Å². The van der Waals surface area contributed by atoms with E-state index >= 15 is 0 Å². The summed E-state index contributed by atoms with van der Waals surface area (Å²) in [4.78, 5) is 25.6. The molecule has 1 aliphatic carbocycles. The maximum atomic E-state index is 12.2. The van der Waals surface area contributed by atoms with E-state index in [1.54, 1.807) is 5.43 Å². The van der Waals surface area contributed by atoms with Crippen molar-refractivity contribution in [2.45, 2.75) is 6.04 Å². The van der Waals surface area contributed by atoms with E-state index in [1.807, 2.05) is 67.6 Å². The first-order valence-electron chi connectivity index (χ1n) is 11.0. The maximum Gasteiger partial charge on any atom is 0.336 e. The fraction of sp³-hybridized carbons (Fsp3) is 0.111. The Kier molecular flexibility index (Phi) is 5.39. The molecule has 8 heteroatoms. The Balaban J connectivity index is 1.88. The minimum absolute atomic E-state index is 0.00370. The highest BCUT2D eigenvalue weighted by atomic mass is 16.5. The van der Waals surface area contributed by atoms with Crippen LogP contribution < -0.4 is 36.4 Å². The van der Waals surface area contributed by atoms with Crippen LogP contribution in [0.3, 0.4) is 0 Å². The number of nitrogens with zero attached hydrogens (tertiary/aromatic N) is 1. The second-order valence-corrected chi connectivity index (χ2v) is 8.65. The number of nitrogens with two attached hydrogens (primary N) is 2. The van der Waals surface area contributed by atoms with Crippen LogP contribution in [0.2, 0.25) is 0 Å². The number of rotatable bonds is 5. The van der Waals surface area contributed by atoms with Crippen LogP contribution in [0.15, 0.2) is 54.6 Å². The normalized spacial score (nSPS) is 15.3. The molecule has 0 saturated heterocycles. The van der Waals surface area contributed by atoms with Crippen molar-refractivity contribution < 1.29 is 30.0 Å². The first kappa shape index (κ1) is 22.4. The van der Waals surface area contributed by atoms with Crippen LogP contribution in [-0.4, -0.2) is 37.2 Å². The summed E-state index contributed by atoms with van der Waals surface area (Å²) in [6.45, 7) is 0. The number of ether oxygens (including phenoxy) is 1. The molecule has 1 unspecified atom stereocenters. The third-order valence-electron chi connectivity index (χ3n) is 6.30. The molecular formula is C27H23N3O5. The van der Waals surface area contributed by atoms with E-state index in [-0.39, 0.29) is 17.2 Å². The smallest absolute Gasteiger partial charge is 0.336 e. The first-order valence-corrected chi connectivity index (χ1v) is 11.0. The van der Waals surface area contributed by atoms with E-state index in [2.05, 4.69) is 0 Å². The Morgan fingerprint density at radius 2 is 1.86 bits per heavy atom. The zero-order valence-electron chi connectivity index (χ0n) is 19.1. The number of carbonyl (C=O) groups excluding carboxylic acids is 1. The molecular weight excluding hydrogens is 446 g/mol. The fourth-order valence-electron chi connectivity index (χ4n) is 4.52. The lowest BCUT2D eigenvalue weighted by molar-refractivity contribution is -0.678. The Morgan fingerprint density at radius 1 is 1.09 bits per heavy atom. The van der Waals surface area contributed by atoms with E-state index in [4.69, 9.17) is 10.6 Å². The van der Waals surface area contributed by atoms with E-state index in [1.165, 1.54) is 12.1 Å². The van der Waals surface area contributed by atoms with Crippen molar-refractivity contribution in [1.29, 1.82) is 0 Å². The van der Waals surface area contributed by atoms with Crippen molar-refractivity contribution in [2.24, 2.45) is 5.84 Å². The summed E-state index contributed by atoms with van der Waals surface area (Å²) >= 11 is 0.